The lowest BCUT2D eigenvalue weighted by atomic mass is 10.2. The summed E-state index contributed by atoms with van der Waals surface area (Å²) in [5.41, 5.74) is 0.752. The highest BCUT2D eigenvalue weighted by Gasteiger charge is 2.09. The number of aromatic nitrogens is 3. The third-order valence-corrected chi connectivity index (χ3v) is 4.21. The molecule has 0 saturated carbocycles. The molecule has 1 aromatic carbocycles. The zero-order valence-corrected chi connectivity index (χ0v) is 14.4. The van der Waals surface area contributed by atoms with Crippen molar-refractivity contribution in [1.82, 2.24) is 20.3 Å². The van der Waals surface area contributed by atoms with Crippen LogP contribution in [0.15, 0.2) is 35.4 Å². The second-order valence-electron chi connectivity index (χ2n) is 5.07. The number of ether oxygens (including phenoxy) is 1. The topological polar surface area (TPSA) is 132 Å². The first-order chi connectivity index (χ1) is 11.8. The average molecular weight is 367 g/mol. The lowest BCUT2D eigenvalue weighted by Gasteiger charge is -2.06. The zero-order valence-electron chi connectivity index (χ0n) is 13.6. The Bertz CT molecular complexity index is 860. The molecule has 0 fully saturated rings. The van der Waals surface area contributed by atoms with Gasteiger partial charge in [-0.1, -0.05) is 12.1 Å². The summed E-state index contributed by atoms with van der Waals surface area (Å²) >= 11 is 0. The summed E-state index contributed by atoms with van der Waals surface area (Å²) in [6.45, 7) is 0.0989. The van der Waals surface area contributed by atoms with Crippen LogP contribution in [-0.2, 0) is 32.5 Å². The van der Waals surface area contributed by atoms with Crippen molar-refractivity contribution in [2.75, 3.05) is 18.7 Å². The molecular formula is C14H17N5O5S. The van der Waals surface area contributed by atoms with Crippen molar-refractivity contribution in [2.45, 2.75) is 18.0 Å². The van der Waals surface area contributed by atoms with Gasteiger partial charge in [-0.3, -0.25) is 10.1 Å². The first kappa shape index (κ1) is 18.4. The van der Waals surface area contributed by atoms with E-state index in [1.54, 1.807) is 12.1 Å². The molecule has 0 saturated heterocycles. The normalized spacial score (nSPS) is 11.0. The number of rotatable bonds is 6. The second-order valence-corrected chi connectivity index (χ2v) is 7.09. The number of benzene rings is 1. The van der Waals surface area contributed by atoms with Gasteiger partial charge in [0.25, 0.3) is 0 Å². The third-order valence-electron chi connectivity index (χ3n) is 3.08. The summed E-state index contributed by atoms with van der Waals surface area (Å²) in [6.07, 6.45) is 1.73. The summed E-state index contributed by atoms with van der Waals surface area (Å²) in [7, 11) is -2.03. The Morgan fingerprint density at radius 2 is 1.92 bits per heavy atom. The molecule has 2 aromatic rings. The van der Waals surface area contributed by atoms with Crippen molar-refractivity contribution in [3.8, 4) is 0 Å². The first-order valence-corrected chi connectivity index (χ1v) is 8.98. The van der Waals surface area contributed by atoms with Crippen molar-refractivity contribution in [3.63, 3.8) is 0 Å². The van der Waals surface area contributed by atoms with Gasteiger partial charge in [-0.05, 0) is 17.7 Å². The average Bonchev–Trinajstić information content (AvgIpc) is 2.99. The number of carbonyl (C=O) groups excluding carboxylic acids is 2. The van der Waals surface area contributed by atoms with Gasteiger partial charge in [-0.15, -0.1) is 5.10 Å². The molecule has 11 heteroatoms. The predicted molar refractivity (Wildman–Crippen MR) is 87.4 cm³/mol. The largest absolute Gasteiger partial charge is 0.453 e. The van der Waals surface area contributed by atoms with Gasteiger partial charge in [-0.25, -0.2) is 13.2 Å². The monoisotopic (exact) mass is 367 g/mol. The van der Waals surface area contributed by atoms with E-state index in [1.807, 2.05) is 0 Å². The van der Waals surface area contributed by atoms with E-state index < -0.39 is 15.9 Å². The summed E-state index contributed by atoms with van der Waals surface area (Å²) in [5.74, 6) is -0.177. The number of hydrogen-bond acceptors (Lipinski definition) is 7. The van der Waals surface area contributed by atoms with Crippen LogP contribution in [0.3, 0.4) is 0 Å². The smallest absolute Gasteiger partial charge is 0.412 e. The molecule has 2 N–H and O–H groups in total. The van der Waals surface area contributed by atoms with Crippen LogP contribution in [0, 0.1) is 0 Å². The molecule has 0 atom stereocenters. The molecular weight excluding hydrogens is 350 g/mol. The quantitative estimate of drug-likeness (QED) is 0.744. The van der Waals surface area contributed by atoms with Crippen LogP contribution in [0.4, 0.5) is 10.6 Å². The number of hydrogen-bond donors (Lipinski definition) is 2. The van der Waals surface area contributed by atoms with Crippen LogP contribution in [0.5, 0.6) is 0 Å². The van der Waals surface area contributed by atoms with Gasteiger partial charge in [0.05, 0.1) is 18.2 Å². The maximum Gasteiger partial charge on any atom is 0.412 e. The van der Waals surface area contributed by atoms with Gasteiger partial charge in [0.2, 0.25) is 5.91 Å². The van der Waals surface area contributed by atoms with E-state index in [-0.39, 0.29) is 29.7 Å². The second kappa shape index (κ2) is 7.75. The SMILES string of the molecule is COC(=O)Nc1cnn(CC(=O)NCc2ccc(S(C)(=O)=O)cc2)n1. The van der Waals surface area contributed by atoms with Crippen LogP contribution < -0.4 is 10.6 Å². The molecule has 1 aromatic heterocycles. The highest BCUT2D eigenvalue weighted by atomic mass is 32.2. The Kier molecular flexibility index (Phi) is 5.70. The molecule has 1 heterocycles. The van der Waals surface area contributed by atoms with Crippen molar-refractivity contribution in [3.05, 3.63) is 36.0 Å². The van der Waals surface area contributed by atoms with E-state index in [2.05, 4.69) is 25.6 Å². The molecule has 25 heavy (non-hydrogen) atoms. The molecule has 134 valence electrons. The highest BCUT2D eigenvalue weighted by molar-refractivity contribution is 7.90. The van der Waals surface area contributed by atoms with Crippen molar-refractivity contribution in [2.24, 2.45) is 0 Å². The Labute approximate surface area is 144 Å². The molecule has 0 unspecified atom stereocenters. The fourth-order valence-corrected chi connectivity index (χ4v) is 2.46. The summed E-state index contributed by atoms with van der Waals surface area (Å²) < 4.78 is 27.2. The number of nitrogens with one attached hydrogen (secondary N) is 2. The standard InChI is InChI=1S/C14H17N5O5S/c1-24-14(21)17-12-8-16-19(18-12)9-13(20)15-7-10-3-5-11(6-4-10)25(2,22)23/h3-6,8H,7,9H2,1-2H3,(H,15,20)(H,17,18,21). The van der Waals surface area contributed by atoms with Crippen LogP contribution in [0.1, 0.15) is 5.56 Å². The Hall–Kier alpha value is -2.95. The number of methoxy groups -OCH3 is 1. The summed E-state index contributed by atoms with van der Waals surface area (Å²) in [5, 5.41) is 12.7. The molecule has 0 aliphatic heterocycles. The number of sulfone groups is 1. The number of nitrogens with zero attached hydrogens (tertiary/aromatic N) is 3. The van der Waals surface area contributed by atoms with Crippen molar-refractivity contribution < 1.29 is 22.7 Å². The predicted octanol–water partition coefficient (Wildman–Crippen LogP) is 0.176. The van der Waals surface area contributed by atoms with E-state index in [0.717, 1.165) is 16.6 Å². The number of amides is 2. The minimum Gasteiger partial charge on any atom is -0.453 e. The summed E-state index contributed by atoms with van der Waals surface area (Å²) in [4.78, 5) is 24.2. The van der Waals surface area contributed by atoms with Gasteiger partial charge in [0, 0.05) is 12.8 Å². The highest BCUT2D eigenvalue weighted by Crippen LogP contribution is 2.10. The Balaban J connectivity index is 1.85. The lowest BCUT2D eigenvalue weighted by Crippen LogP contribution is -2.28. The molecule has 10 nitrogen and oxygen atoms in total. The van der Waals surface area contributed by atoms with Crippen molar-refractivity contribution >= 4 is 27.7 Å². The zero-order chi connectivity index (χ0) is 18.4. The molecule has 0 aliphatic carbocycles. The van der Waals surface area contributed by atoms with Gasteiger partial charge in [0.1, 0.15) is 6.54 Å². The molecule has 2 amide bonds. The van der Waals surface area contributed by atoms with Crippen LogP contribution in [-0.4, -0.2) is 48.8 Å². The third kappa shape index (κ3) is 5.57. The fraction of sp³-hybridized carbons (Fsp3) is 0.286. The van der Waals surface area contributed by atoms with Gasteiger partial charge in [-0.2, -0.15) is 9.90 Å². The maximum absolute atomic E-state index is 11.9. The van der Waals surface area contributed by atoms with Crippen molar-refractivity contribution in [1.29, 1.82) is 0 Å². The number of anilines is 1. The van der Waals surface area contributed by atoms with Gasteiger partial charge < -0.3 is 10.1 Å². The fourth-order valence-electron chi connectivity index (χ4n) is 1.83. The van der Waals surface area contributed by atoms with E-state index in [4.69, 9.17) is 0 Å². The minimum atomic E-state index is -3.25. The van der Waals surface area contributed by atoms with E-state index in [9.17, 15) is 18.0 Å². The van der Waals surface area contributed by atoms with Crippen LogP contribution >= 0.6 is 0 Å². The minimum absolute atomic E-state index is 0.135. The van der Waals surface area contributed by atoms with Crippen LogP contribution in [0.2, 0.25) is 0 Å². The molecule has 0 aliphatic rings. The molecule has 2 rings (SSSR count). The van der Waals surface area contributed by atoms with Gasteiger partial charge >= 0.3 is 6.09 Å². The lowest BCUT2D eigenvalue weighted by molar-refractivity contribution is -0.122. The van der Waals surface area contributed by atoms with Crippen LogP contribution in [0.25, 0.3) is 0 Å². The maximum atomic E-state index is 11.9. The molecule has 0 bridgehead atoms. The van der Waals surface area contributed by atoms with E-state index in [1.165, 1.54) is 25.4 Å². The molecule has 0 spiro atoms. The Morgan fingerprint density at radius 1 is 1.24 bits per heavy atom. The van der Waals surface area contributed by atoms with E-state index >= 15 is 0 Å². The summed E-state index contributed by atoms with van der Waals surface area (Å²) in [6, 6.07) is 6.22. The number of carbonyl (C=O) groups is 2. The molecule has 0 radical (unpaired) electrons. The van der Waals surface area contributed by atoms with Gasteiger partial charge in [0.15, 0.2) is 15.7 Å². The van der Waals surface area contributed by atoms with E-state index in [0.29, 0.717) is 0 Å². The first-order valence-electron chi connectivity index (χ1n) is 7.09. The Morgan fingerprint density at radius 3 is 2.52 bits per heavy atom.